The summed E-state index contributed by atoms with van der Waals surface area (Å²) in [6.45, 7) is 5.17. The van der Waals surface area contributed by atoms with E-state index in [2.05, 4.69) is 29.3 Å². The molecule has 0 saturated carbocycles. The van der Waals surface area contributed by atoms with Crippen molar-refractivity contribution in [3.63, 3.8) is 0 Å². The lowest BCUT2D eigenvalue weighted by molar-refractivity contribution is 0.433. The molecule has 1 unspecified atom stereocenters. The molecule has 6 nitrogen and oxygen atoms in total. The van der Waals surface area contributed by atoms with E-state index in [1.807, 2.05) is 17.8 Å². The largest absolute Gasteiger partial charge is 0.380 e. The van der Waals surface area contributed by atoms with Crippen LogP contribution in [0, 0.1) is 5.92 Å². The van der Waals surface area contributed by atoms with Crippen LogP contribution in [0.1, 0.15) is 20.3 Å². The summed E-state index contributed by atoms with van der Waals surface area (Å²) in [6, 6.07) is 1.92. The van der Waals surface area contributed by atoms with Crippen molar-refractivity contribution in [2.75, 3.05) is 5.73 Å². The second kappa shape index (κ2) is 4.57. The van der Waals surface area contributed by atoms with Crippen molar-refractivity contribution in [2.24, 2.45) is 13.0 Å². The number of aryl methyl sites for hydroxylation is 1. The fraction of sp³-hybridized carbons (Fsp3) is 0.545. The molecule has 17 heavy (non-hydrogen) atoms. The standard InChI is InChI=1S/C11H18N6/c1-4-8(2)7-17-10(11(12)14-15-17)9-5-6-13-16(9)3/h5-6,8H,4,7,12H2,1-3H3. The van der Waals surface area contributed by atoms with Gasteiger partial charge in [0.2, 0.25) is 0 Å². The minimum absolute atomic E-state index is 0.455. The van der Waals surface area contributed by atoms with E-state index < -0.39 is 0 Å². The highest BCUT2D eigenvalue weighted by Crippen LogP contribution is 2.24. The Bertz CT molecular complexity index is 498. The summed E-state index contributed by atoms with van der Waals surface area (Å²) in [7, 11) is 1.88. The van der Waals surface area contributed by atoms with Crippen LogP contribution in [-0.2, 0) is 13.6 Å². The molecule has 2 aromatic heterocycles. The molecule has 0 spiro atoms. The molecule has 0 aliphatic carbocycles. The fourth-order valence-electron chi connectivity index (χ4n) is 1.75. The van der Waals surface area contributed by atoms with Crippen molar-refractivity contribution in [1.29, 1.82) is 0 Å². The summed E-state index contributed by atoms with van der Waals surface area (Å²) in [5.41, 5.74) is 7.68. The average Bonchev–Trinajstić information content (AvgIpc) is 2.86. The van der Waals surface area contributed by atoms with Gasteiger partial charge in [-0.1, -0.05) is 25.5 Å². The minimum atomic E-state index is 0.455. The van der Waals surface area contributed by atoms with E-state index in [-0.39, 0.29) is 0 Å². The van der Waals surface area contributed by atoms with Crippen molar-refractivity contribution in [1.82, 2.24) is 24.8 Å². The van der Waals surface area contributed by atoms with E-state index in [4.69, 9.17) is 5.73 Å². The van der Waals surface area contributed by atoms with Crippen molar-refractivity contribution in [2.45, 2.75) is 26.8 Å². The maximum atomic E-state index is 5.88. The first-order chi connectivity index (χ1) is 8.13. The number of anilines is 1. The lowest BCUT2D eigenvalue weighted by Crippen LogP contribution is -2.11. The van der Waals surface area contributed by atoms with Gasteiger partial charge in [-0.2, -0.15) is 5.10 Å². The van der Waals surface area contributed by atoms with E-state index in [1.54, 1.807) is 10.9 Å². The summed E-state index contributed by atoms with van der Waals surface area (Å²) in [6.07, 6.45) is 2.85. The Hall–Kier alpha value is -1.85. The van der Waals surface area contributed by atoms with Crippen LogP contribution in [0.15, 0.2) is 12.3 Å². The van der Waals surface area contributed by atoms with E-state index in [1.165, 1.54) is 0 Å². The molecule has 6 heteroatoms. The molecule has 2 N–H and O–H groups in total. The second-order valence-corrected chi connectivity index (χ2v) is 4.36. The van der Waals surface area contributed by atoms with E-state index in [0.29, 0.717) is 11.7 Å². The Morgan fingerprint density at radius 2 is 2.24 bits per heavy atom. The molecule has 0 aliphatic heterocycles. The van der Waals surface area contributed by atoms with Gasteiger partial charge >= 0.3 is 0 Å². The molecule has 0 aliphatic rings. The molecule has 0 amide bonds. The summed E-state index contributed by atoms with van der Waals surface area (Å²) in [4.78, 5) is 0. The van der Waals surface area contributed by atoms with Crippen molar-refractivity contribution >= 4 is 5.82 Å². The highest BCUT2D eigenvalue weighted by atomic mass is 15.5. The number of rotatable bonds is 4. The predicted molar refractivity (Wildman–Crippen MR) is 66.1 cm³/mol. The molecular weight excluding hydrogens is 216 g/mol. The fourth-order valence-corrected chi connectivity index (χ4v) is 1.75. The molecule has 0 bridgehead atoms. The first-order valence-electron chi connectivity index (χ1n) is 5.80. The molecule has 0 radical (unpaired) electrons. The monoisotopic (exact) mass is 234 g/mol. The molecule has 1 atom stereocenters. The van der Waals surface area contributed by atoms with Crippen LogP contribution >= 0.6 is 0 Å². The first kappa shape index (κ1) is 11.6. The minimum Gasteiger partial charge on any atom is -0.380 e. The van der Waals surface area contributed by atoms with E-state index >= 15 is 0 Å². The van der Waals surface area contributed by atoms with Gasteiger partial charge in [-0.3, -0.25) is 4.68 Å². The predicted octanol–water partition coefficient (Wildman–Crippen LogP) is 1.31. The number of aromatic nitrogens is 5. The number of nitrogens with two attached hydrogens (primary N) is 1. The smallest absolute Gasteiger partial charge is 0.175 e. The van der Waals surface area contributed by atoms with Crippen LogP contribution in [0.4, 0.5) is 5.82 Å². The Balaban J connectivity index is 2.40. The Morgan fingerprint density at radius 1 is 1.47 bits per heavy atom. The zero-order valence-electron chi connectivity index (χ0n) is 10.5. The molecule has 2 rings (SSSR count). The van der Waals surface area contributed by atoms with Crippen LogP contribution in [0.5, 0.6) is 0 Å². The van der Waals surface area contributed by atoms with E-state index in [9.17, 15) is 0 Å². The van der Waals surface area contributed by atoms with Crippen LogP contribution in [0.2, 0.25) is 0 Å². The van der Waals surface area contributed by atoms with Gasteiger partial charge in [-0.05, 0) is 12.0 Å². The van der Waals surface area contributed by atoms with Crippen LogP contribution < -0.4 is 5.73 Å². The highest BCUT2D eigenvalue weighted by molar-refractivity contribution is 5.66. The average molecular weight is 234 g/mol. The summed E-state index contributed by atoms with van der Waals surface area (Å²) < 4.78 is 3.64. The van der Waals surface area contributed by atoms with Gasteiger partial charge in [-0.15, -0.1) is 5.10 Å². The third-order valence-corrected chi connectivity index (χ3v) is 3.01. The maximum Gasteiger partial charge on any atom is 0.175 e. The number of hydrogen-bond donors (Lipinski definition) is 1. The molecular formula is C11H18N6. The molecule has 0 saturated heterocycles. The van der Waals surface area contributed by atoms with Crippen molar-refractivity contribution in [3.8, 4) is 11.4 Å². The Kier molecular flexibility index (Phi) is 3.12. The number of nitrogens with zero attached hydrogens (tertiary/aromatic N) is 5. The van der Waals surface area contributed by atoms with Crippen LogP contribution in [0.3, 0.4) is 0 Å². The maximum absolute atomic E-state index is 5.88. The van der Waals surface area contributed by atoms with Gasteiger partial charge in [0.15, 0.2) is 5.82 Å². The topological polar surface area (TPSA) is 74.6 Å². The highest BCUT2D eigenvalue weighted by Gasteiger charge is 2.16. The molecule has 0 aromatic carbocycles. The van der Waals surface area contributed by atoms with Gasteiger partial charge in [0.05, 0.1) is 5.69 Å². The van der Waals surface area contributed by atoms with Gasteiger partial charge in [0.1, 0.15) is 5.69 Å². The van der Waals surface area contributed by atoms with Gasteiger partial charge in [-0.25, -0.2) is 4.68 Å². The zero-order valence-corrected chi connectivity index (χ0v) is 10.5. The Morgan fingerprint density at radius 3 is 2.82 bits per heavy atom. The lowest BCUT2D eigenvalue weighted by atomic mass is 10.1. The summed E-state index contributed by atoms with van der Waals surface area (Å²) in [5, 5.41) is 12.2. The molecule has 2 heterocycles. The zero-order chi connectivity index (χ0) is 12.4. The SMILES string of the molecule is CCC(C)Cn1nnc(N)c1-c1ccnn1C. The van der Waals surface area contributed by atoms with Crippen LogP contribution in [0.25, 0.3) is 11.4 Å². The first-order valence-corrected chi connectivity index (χ1v) is 5.80. The Labute approximate surface area is 100 Å². The third-order valence-electron chi connectivity index (χ3n) is 3.01. The van der Waals surface area contributed by atoms with Crippen molar-refractivity contribution in [3.05, 3.63) is 12.3 Å². The van der Waals surface area contributed by atoms with Gasteiger partial charge in [0.25, 0.3) is 0 Å². The van der Waals surface area contributed by atoms with Gasteiger partial charge in [0, 0.05) is 19.8 Å². The quantitative estimate of drug-likeness (QED) is 0.865. The van der Waals surface area contributed by atoms with Gasteiger partial charge < -0.3 is 5.73 Å². The normalized spacial score (nSPS) is 12.9. The molecule has 0 fully saturated rings. The molecule has 92 valence electrons. The molecule has 2 aromatic rings. The van der Waals surface area contributed by atoms with Crippen molar-refractivity contribution < 1.29 is 0 Å². The van der Waals surface area contributed by atoms with Crippen LogP contribution in [-0.4, -0.2) is 24.8 Å². The van der Waals surface area contributed by atoms with E-state index in [0.717, 1.165) is 24.4 Å². The summed E-state index contributed by atoms with van der Waals surface area (Å²) >= 11 is 0. The lowest BCUT2D eigenvalue weighted by Gasteiger charge is -2.11. The second-order valence-electron chi connectivity index (χ2n) is 4.36. The number of nitrogen functional groups attached to an aromatic ring is 1. The third kappa shape index (κ3) is 2.15. The number of hydrogen-bond acceptors (Lipinski definition) is 4. The summed E-state index contributed by atoms with van der Waals surface area (Å²) in [5.74, 6) is 1.000.